The number of rotatable bonds is 12. The van der Waals surface area contributed by atoms with E-state index in [9.17, 15) is 14.4 Å². The van der Waals surface area contributed by atoms with Crippen molar-refractivity contribution in [3.05, 3.63) is 112 Å². The van der Waals surface area contributed by atoms with Gasteiger partial charge in [-0.25, -0.2) is 0 Å². The summed E-state index contributed by atoms with van der Waals surface area (Å²) in [7, 11) is 4.47. The number of hydrogen-bond acceptors (Lipinski definition) is 7. The monoisotopic (exact) mass is 665 g/mol. The van der Waals surface area contributed by atoms with Gasteiger partial charge in [0.25, 0.3) is 11.8 Å². The first-order chi connectivity index (χ1) is 21.7. The van der Waals surface area contributed by atoms with Gasteiger partial charge in [0.05, 0.1) is 27.1 Å². The highest BCUT2D eigenvalue weighted by Gasteiger charge is 2.18. The van der Waals surface area contributed by atoms with Crippen molar-refractivity contribution >= 4 is 70.1 Å². The Hall–Kier alpha value is -4.64. The van der Waals surface area contributed by atoms with E-state index in [1.165, 1.54) is 39.2 Å². The summed E-state index contributed by atoms with van der Waals surface area (Å²) in [5.41, 5.74) is 1.72. The van der Waals surface area contributed by atoms with Gasteiger partial charge in [-0.1, -0.05) is 47.5 Å². The summed E-state index contributed by atoms with van der Waals surface area (Å²) in [5.74, 6) is 0.00523. The summed E-state index contributed by atoms with van der Waals surface area (Å²) in [4.78, 5) is 40.0. The Morgan fingerprint density at radius 3 is 2.07 bits per heavy atom. The summed E-state index contributed by atoms with van der Waals surface area (Å²) >= 11 is 13.3. The molecule has 45 heavy (non-hydrogen) atoms. The number of ether oxygens (including phenoxy) is 3. The second kappa shape index (κ2) is 15.9. The topological polar surface area (TPSA) is 115 Å². The maximum atomic E-state index is 13.6. The fourth-order valence-electron chi connectivity index (χ4n) is 4.10. The van der Waals surface area contributed by atoms with Crippen LogP contribution in [-0.4, -0.2) is 44.8 Å². The number of carbonyl (C=O) groups is 3. The van der Waals surface area contributed by atoms with Gasteiger partial charge in [0.2, 0.25) is 5.91 Å². The standard InChI is InChI=1S/C33H29Cl2N3O6S/c1-42-28-18-30(44-3)29(43-2)13-21(28)12-27(38-32(40)20-8-5-4-6-9-20)33(41)37-24-10-7-11-26(17-24)45-19-31(39)36-25-15-22(34)14-23(35)16-25/h4-18H,19H2,1-3H3,(H,36,39)(H,37,41)(H,38,40)/b27-12+. The van der Waals surface area contributed by atoms with E-state index >= 15 is 0 Å². The zero-order valence-electron chi connectivity index (χ0n) is 24.5. The van der Waals surface area contributed by atoms with Crippen molar-refractivity contribution in [1.29, 1.82) is 0 Å². The molecule has 3 N–H and O–H groups in total. The van der Waals surface area contributed by atoms with Gasteiger partial charge < -0.3 is 30.2 Å². The van der Waals surface area contributed by atoms with Gasteiger partial charge in [0, 0.05) is 43.5 Å². The van der Waals surface area contributed by atoms with E-state index in [1.54, 1.807) is 78.9 Å². The summed E-state index contributed by atoms with van der Waals surface area (Å²) in [6.07, 6.45) is 1.49. The quantitative estimate of drug-likeness (QED) is 0.109. The van der Waals surface area contributed by atoms with Crippen molar-refractivity contribution in [2.24, 2.45) is 0 Å². The Morgan fingerprint density at radius 2 is 1.40 bits per heavy atom. The summed E-state index contributed by atoms with van der Waals surface area (Å²) in [5, 5.41) is 9.12. The Labute approximate surface area is 274 Å². The summed E-state index contributed by atoms with van der Waals surface area (Å²) in [6, 6.07) is 23.5. The first kappa shape index (κ1) is 33.3. The number of halogens is 2. The molecular weight excluding hydrogens is 637 g/mol. The summed E-state index contributed by atoms with van der Waals surface area (Å²) < 4.78 is 16.3. The molecule has 0 aliphatic heterocycles. The molecule has 0 bridgehead atoms. The van der Waals surface area contributed by atoms with Crippen LogP contribution in [0, 0.1) is 0 Å². The molecule has 0 aromatic heterocycles. The normalized spacial score (nSPS) is 10.9. The molecule has 0 saturated heterocycles. The van der Waals surface area contributed by atoms with Gasteiger partial charge in [-0.15, -0.1) is 11.8 Å². The number of amides is 3. The van der Waals surface area contributed by atoms with Gasteiger partial charge in [0.15, 0.2) is 11.5 Å². The Bertz CT molecular complexity index is 1710. The van der Waals surface area contributed by atoms with E-state index in [2.05, 4.69) is 16.0 Å². The third-order valence-electron chi connectivity index (χ3n) is 6.17. The van der Waals surface area contributed by atoms with Gasteiger partial charge in [-0.05, 0) is 60.7 Å². The number of anilines is 2. The van der Waals surface area contributed by atoms with Gasteiger partial charge in [0.1, 0.15) is 11.4 Å². The first-order valence-electron chi connectivity index (χ1n) is 13.4. The van der Waals surface area contributed by atoms with Crippen LogP contribution in [-0.2, 0) is 9.59 Å². The molecule has 4 rings (SSSR count). The van der Waals surface area contributed by atoms with Crippen LogP contribution in [0.1, 0.15) is 15.9 Å². The molecule has 0 spiro atoms. The molecule has 4 aromatic carbocycles. The number of nitrogens with one attached hydrogen (secondary N) is 3. The average molecular weight is 667 g/mol. The molecule has 0 fully saturated rings. The van der Waals surface area contributed by atoms with Crippen LogP contribution in [0.4, 0.5) is 11.4 Å². The van der Waals surface area contributed by atoms with Crippen LogP contribution in [0.15, 0.2) is 95.5 Å². The van der Waals surface area contributed by atoms with E-state index < -0.39 is 11.8 Å². The molecule has 0 atom stereocenters. The number of hydrogen-bond donors (Lipinski definition) is 3. The lowest BCUT2D eigenvalue weighted by atomic mass is 10.1. The zero-order chi connectivity index (χ0) is 32.3. The van der Waals surface area contributed by atoms with Crippen LogP contribution >= 0.6 is 35.0 Å². The lowest BCUT2D eigenvalue weighted by Gasteiger charge is -2.15. The van der Waals surface area contributed by atoms with Crippen LogP contribution in [0.3, 0.4) is 0 Å². The highest BCUT2D eigenvalue weighted by molar-refractivity contribution is 8.00. The molecule has 232 valence electrons. The average Bonchev–Trinajstić information content (AvgIpc) is 3.03. The third-order valence-corrected chi connectivity index (χ3v) is 7.60. The zero-order valence-corrected chi connectivity index (χ0v) is 26.8. The Balaban J connectivity index is 1.55. The minimum atomic E-state index is -0.589. The van der Waals surface area contributed by atoms with Crippen molar-refractivity contribution in [3.8, 4) is 17.2 Å². The minimum Gasteiger partial charge on any atom is -0.496 e. The van der Waals surface area contributed by atoms with E-state index in [0.29, 0.717) is 49.8 Å². The molecule has 12 heteroatoms. The molecule has 0 saturated carbocycles. The van der Waals surface area contributed by atoms with Crippen molar-refractivity contribution in [2.75, 3.05) is 37.7 Å². The van der Waals surface area contributed by atoms with Crippen molar-refractivity contribution < 1.29 is 28.6 Å². The number of thioether (sulfide) groups is 1. The fourth-order valence-corrected chi connectivity index (χ4v) is 5.38. The maximum absolute atomic E-state index is 13.6. The lowest BCUT2D eigenvalue weighted by Crippen LogP contribution is -2.30. The van der Waals surface area contributed by atoms with Crippen molar-refractivity contribution in [2.45, 2.75) is 4.90 Å². The largest absolute Gasteiger partial charge is 0.496 e. The van der Waals surface area contributed by atoms with Gasteiger partial charge in [-0.3, -0.25) is 14.4 Å². The van der Waals surface area contributed by atoms with E-state index in [-0.39, 0.29) is 17.4 Å². The second-order valence-corrected chi connectivity index (χ2v) is 11.2. The van der Waals surface area contributed by atoms with Gasteiger partial charge >= 0.3 is 0 Å². The van der Waals surface area contributed by atoms with E-state index in [1.807, 2.05) is 6.07 Å². The number of carbonyl (C=O) groups excluding carboxylic acids is 3. The predicted octanol–water partition coefficient (Wildman–Crippen LogP) is 7.16. The molecule has 4 aromatic rings. The predicted molar refractivity (Wildman–Crippen MR) is 179 cm³/mol. The fraction of sp³-hybridized carbons (Fsp3) is 0.121. The molecular formula is C33H29Cl2N3O6S. The molecule has 3 amide bonds. The Morgan fingerprint density at radius 1 is 0.733 bits per heavy atom. The molecule has 9 nitrogen and oxygen atoms in total. The molecule has 0 heterocycles. The van der Waals surface area contributed by atoms with Gasteiger partial charge in [-0.2, -0.15) is 0 Å². The van der Waals surface area contributed by atoms with E-state index in [0.717, 1.165) is 4.90 Å². The highest BCUT2D eigenvalue weighted by Crippen LogP contribution is 2.36. The van der Waals surface area contributed by atoms with Crippen LogP contribution < -0.4 is 30.2 Å². The maximum Gasteiger partial charge on any atom is 0.272 e. The highest BCUT2D eigenvalue weighted by atomic mass is 35.5. The molecule has 0 unspecified atom stereocenters. The van der Waals surface area contributed by atoms with Crippen LogP contribution in [0.25, 0.3) is 6.08 Å². The molecule has 0 aliphatic carbocycles. The number of benzene rings is 4. The van der Waals surface area contributed by atoms with Crippen LogP contribution in [0.2, 0.25) is 10.0 Å². The summed E-state index contributed by atoms with van der Waals surface area (Å²) in [6.45, 7) is 0. The van der Waals surface area contributed by atoms with Crippen LogP contribution in [0.5, 0.6) is 17.2 Å². The van der Waals surface area contributed by atoms with E-state index in [4.69, 9.17) is 37.4 Å². The first-order valence-corrected chi connectivity index (χ1v) is 15.1. The molecule has 0 radical (unpaired) electrons. The minimum absolute atomic E-state index is 0.0491. The lowest BCUT2D eigenvalue weighted by molar-refractivity contribution is -0.114. The van der Waals surface area contributed by atoms with Crippen molar-refractivity contribution in [3.63, 3.8) is 0 Å². The third kappa shape index (κ3) is 9.42. The smallest absolute Gasteiger partial charge is 0.272 e. The SMILES string of the molecule is COc1cc(OC)c(OC)cc1/C=C(/NC(=O)c1ccccc1)C(=O)Nc1cccc(SCC(=O)Nc2cc(Cl)cc(Cl)c2)c1. The number of methoxy groups -OCH3 is 3. The van der Waals surface area contributed by atoms with Crippen molar-refractivity contribution in [1.82, 2.24) is 5.32 Å². The molecule has 0 aliphatic rings. The second-order valence-electron chi connectivity index (χ2n) is 9.30. The Kier molecular flexibility index (Phi) is 11.7.